The molecule has 2 aromatic carbocycles. The highest BCUT2D eigenvalue weighted by Gasteiger charge is 2.41. The Morgan fingerprint density at radius 2 is 1.88 bits per heavy atom. The van der Waals surface area contributed by atoms with Crippen molar-refractivity contribution in [2.45, 2.75) is 43.9 Å². The molecule has 9 heteroatoms. The number of likely N-dealkylation sites (tertiary alicyclic amines) is 1. The van der Waals surface area contributed by atoms with Crippen LogP contribution in [0, 0.1) is 10.1 Å². The van der Waals surface area contributed by atoms with Crippen LogP contribution in [0.4, 0.5) is 18.9 Å². The number of carbonyl (C=O) groups is 1. The Labute approximate surface area is 183 Å². The van der Waals surface area contributed by atoms with E-state index in [0.717, 1.165) is 50.0 Å². The summed E-state index contributed by atoms with van der Waals surface area (Å²) >= 11 is 0. The molecular formula is C23H24F3N3O3. The molecule has 0 unspecified atom stereocenters. The van der Waals surface area contributed by atoms with Gasteiger partial charge in [0.2, 0.25) is 5.91 Å². The molecular weight excluding hydrogens is 423 g/mol. The van der Waals surface area contributed by atoms with Gasteiger partial charge >= 0.3 is 6.18 Å². The van der Waals surface area contributed by atoms with Gasteiger partial charge in [0.1, 0.15) is 0 Å². The lowest BCUT2D eigenvalue weighted by Gasteiger charge is -2.35. The van der Waals surface area contributed by atoms with Gasteiger partial charge in [-0.25, -0.2) is 0 Å². The maximum atomic E-state index is 13.2. The third-order valence-electron chi connectivity index (χ3n) is 6.54. The van der Waals surface area contributed by atoms with E-state index in [4.69, 9.17) is 0 Å². The van der Waals surface area contributed by atoms with Gasteiger partial charge in [-0.3, -0.25) is 19.8 Å². The number of nitrogens with zero attached hydrogens (tertiary/aromatic N) is 3. The summed E-state index contributed by atoms with van der Waals surface area (Å²) in [6, 6.07) is 10.2. The van der Waals surface area contributed by atoms with Crippen molar-refractivity contribution in [2.75, 3.05) is 20.1 Å². The fraction of sp³-hybridized carbons (Fsp3) is 0.435. The van der Waals surface area contributed by atoms with Crippen molar-refractivity contribution in [3.8, 4) is 0 Å². The molecule has 1 aliphatic carbocycles. The Balaban J connectivity index is 1.61. The SMILES string of the molecule is CN(C(=O)Cc1ccc(C(F)(F)F)cc1[N+](=O)[O-])[C@@H]1c2ccccc2C[C@H]1N1CCCC1. The number of nitro groups is 1. The average molecular weight is 447 g/mol. The van der Waals surface area contributed by atoms with Crippen LogP contribution < -0.4 is 0 Å². The zero-order valence-electron chi connectivity index (χ0n) is 17.6. The van der Waals surface area contributed by atoms with Crippen LogP contribution in [0.5, 0.6) is 0 Å². The standard InChI is InChI=1S/C23H24F3N3O3/c1-27(21(30)13-16-8-9-17(23(24,25)26)14-19(16)29(31)32)22-18-7-3-2-6-15(18)12-20(22)28-10-4-5-11-28/h2-3,6-9,14,20,22H,4-5,10-13H2,1H3/t20-,22-/m1/s1. The Kier molecular flexibility index (Phi) is 5.94. The molecule has 2 aliphatic rings. The molecule has 1 amide bonds. The molecule has 6 nitrogen and oxygen atoms in total. The third kappa shape index (κ3) is 4.21. The number of hydrogen-bond donors (Lipinski definition) is 0. The Morgan fingerprint density at radius 3 is 2.53 bits per heavy atom. The summed E-state index contributed by atoms with van der Waals surface area (Å²) in [6.45, 7) is 1.92. The first kappa shape index (κ1) is 22.3. The number of nitro benzene ring substituents is 1. The highest BCUT2D eigenvalue weighted by molar-refractivity contribution is 5.80. The molecule has 0 N–H and O–H groups in total. The second-order valence-corrected chi connectivity index (χ2v) is 8.44. The second-order valence-electron chi connectivity index (χ2n) is 8.44. The molecule has 4 rings (SSSR count). The molecule has 0 bridgehead atoms. The summed E-state index contributed by atoms with van der Waals surface area (Å²) in [5.41, 5.74) is 0.414. The fourth-order valence-electron chi connectivity index (χ4n) is 4.92. The lowest BCUT2D eigenvalue weighted by atomic mass is 10.0. The molecule has 1 heterocycles. The van der Waals surface area contributed by atoms with Gasteiger partial charge < -0.3 is 4.90 Å². The molecule has 0 saturated carbocycles. The number of alkyl halides is 3. The van der Waals surface area contributed by atoms with E-state index in [9.17, 15) is 28.1 Å². The van der Waals surface area contributed by atoms with E-state index in [-0.39, 0.29) is 30.0 Å². The molecule has 2 aromatic rings. The minimum Gasteiger partial charge on any atom is -0.337 e. The summed E-state index contributed by atoms with van der Waals surface area (Å²) in [7, 11) is 1.67. The van der Waals surface area contributed by atoms with Gasteiger partial charge in [0.25, 0.3) is 5.69 Å². The van der Waals surface area contributed by atoms with E-state index < -0.39 is 22.4 Å². The minimum atomic E-state index is -4.69. The molecule has 0 radical (unpaired) electrons. The predicted molar refractivity (Wildman–Crippen MR) is 112 cm³/mol. The quantitative estimate of drug-likeness (QED) is 0.504. The average Bonchev–Trinajstić information content (AvgIpc) is 3.40. The lowest BCUT2D eigenvalue weighted by Crippen LogP contribution is -2.44. The van der Waals surface area contributed by atoms with E-state index >= 15 is 0 Å². The molecule has 1 fully saturated rings. The topological polar surface area (TPSA) is 66.7 Å². The van der Waals surface area contributed by atoms with E-state index in [0.29, 0.717) is 6.07 Å². The number of likely N-dealkylation sites (N-methyl/N-ethyl adjacent to an activating group) is 1. The summed E-state index contributed by atoms with van der Waals surface area (Å²) in [4.78, 5) is 27.7. The Hall–Kier alpha value is -2.94. The van der Waals surface area contributed by atoms with Crippen LogP contribution in [0.25, 0.3) is 0 Å². The van der Waals surface area contributed by atoms with Crippen LogP contribution >= 0.6 is 0 Å². The highest BCUT2D eigenvalue weighted by atomic mass is 19.4. The summed E-state index contributed by atoms with van der Waals surface area (Å²) in [5.74, 6) is -0.362. The number of fused-ring (bicyclic) bond motifs is 1. The molecule has 1 saturated heterocycles. The summed E-state index contributed by atoms with van der Waals surface area (Å²) in [5, 5.41) is 11.4. The van der Waals surface area contributed by atoms with Crippen molar-refractivity contribution in [3.05, 3.63) is 74.8 Å². The Morgan fingerprint density at radius 1 is 1.19 bits per heavy atom. The van der Waals surface area contributed by atoms with Gasteiger partial charge in [0, 0.05) is 24.7 Å². The van der Waals surface area contributed by atoms with Crippen molar-refractivity contribution < 1.29 is 22.9 Å². The normalized spacial score (nSPS) is 20.9. The van der Waals surface area contributed by atoms with Gasteiger partial charge in [0.15, 0.2) is 0 Å². The van der Waals surface area contributed by atoms with Gasteiger partial charge in [0.05, 0.1) is 22.9 Å². The molecule has 32 heavy (non-hydrogen) atoms. The fourth-order valence-corrected chi connectivity index (χ4v) is 4.92. The predicted octanol–water partition coefficient (Wildman–Crippen LogP) is 4.38. The maximum absolute atomic E-state index is 13.2. The van der Waals surface area contributed by atoms with E-state index in [2.05, 4.69) is 11.0 Å². The van der Waals surface area contributed by atoms with Crippen LogP contribution in [-0.4, -0.2) is 46.8 Å². The summed E-state index contributed by atoms with van der Waals surface area (Å²) in [6.07, 6.45) is -2.00. The number of amides is 1. The van der Waals surface area contributed by atoms with Crippen molar-refractivity contribution in [1.29, 1.82) is 0 Å². The van der Waals surface area contributed by atoms with E-state index in [1.165, 1.54) is 5.56 Å². The largest absolute Gasteiger partial charge is 0.416 e. The zero-order chi connectivity index (χ0) is 23.0. The molecule has 170 valence electrons. The van der Waals surface area contributed by atoms with E-state index in [1.807, 2.05) is 18.2 Å². The number of carbonyl (C=O) groups excluding carboxylic acids is 1. The number of halogens is 3. The second kappa shape index (κ2) is 8.54. The molecule has 2 atom stereocenters. The monoisotopic (exact) mass is 447 g/mol. The first-order valence-corrected chi connectivity index (χ1v) is 10.6. The van der Waals surface area contributed by atoms with Crippen LogP contribution in [0.15, 0.2) is 42.5 Å². The molecule has 1 aliphatic heterocycles. The lowest BCUT2D eigenvalue weighted by molar-refractivity contribution is -0.385. The van der Waals surface area contributed by atoms with Gasteiger partial charge in [-0.2, -0.15) is 13.2 Å². The maximum Gasteiger partial charge on any atom is 0.416 e. The summed E-state index contributed by atoms with van der Waals surface area (Å²) < 4.78 is 39.0. The van der Waals surface area contributed by atoms with Gasteiger partial charge in [-0.15, -0.1) is 0 Å². The van der Waals surface area contributed by atoms with Crippen molar-refractivity contribution in [2.24, 2.45) is 0 Å². The number of hydrogen-bond acceptors (Lipinski definition) is 4. The first-order valence-electron chi connectivity index (χ1n) is 10.6. The first-order chi connectivity index (χ1) is 15.2. The molecule has 0 aromatic heterocycles. The van der Waals surface area contributed by atoms with Crippen molar-refractivity contribution >= 4 is 11.6 Å². The van der Waals surface area contributed by atoms with Crippen LogP contribution in [-0.2, 0) is 23.8 Å². The van der Waals surface area contributed by atoms with Crippen molar-refractivity contribution in [1.82, 2.24) is 9.80 Å². The third-order valence-corrected chi connectivity index (χ3v) is 6.54. The van der Waals surface area contributed by atoms with Crippen LogP contribution in [0.3, 0.4) is 0 Å². The Bertz CT molecular complexity index is 1030. The van der Waals surface area contributed by atoms with Gasteiger partial charge in [-0.05, 0) is 49.5 Å². The highest BCUT2D eigenvalue weighted by Crippen LogP contribution is 2.40. The van der Waals surface area contributed by atoms with Gasteiger partial charge in [-0.1, -0.05) is 30.3 Å². The van der Waals surface area contributed by atoms with Crippen LogP contribution in [0.2, 0.25) is 0 Å². The molecule has 0 spiro atoms. The number of rotatable bonds is 5. The van der Waals surface area contributed by atoms with Crippen molar-refractivity contribution in [3.63, 3.8) is 0 Å². The minimum absolute atomic E-state index is 0.0242. The number of benzene rings is 2. The zero-order valence-corrected chi connectivity index (χ0v) is 17.6. The van der Waals surface area contributed by atoms with Crippen LogP contribution in [0.1, 0.15) is 41.1 Å². The smallest absolute Gasteiger partial charge is 0.337 e. The van der Waals surface area contributed by atoms with E-state index in [1.54, 1.807) is 11.9 Å².